The summed E-state index contributed by atoms with van der Waals surface area (Å²) in [6, 6.07) is 13.6. The molecular formula is C30H30FN5O2. The quantitative estimate of drug-likeness (QED) is 0.178. The van der Waals surface area contributed by atoms with E-state index in [1.54, 1.807) is 32.4 Å². The van der Waals surface area contributed by atoms with Crippen LogP contribution in [0.1, 0.15) is 41.9 Å². The van der Waals surface area contributed by atoms with Crippen molar-refractivity contribution in [2.45, 2.75) is 39.2 Å². The van der Waals surface area contributed by atoms with Crippen LogP contribution in [0.15, 0.2) is 67.1 Å². The summed E-state index contributed by atoms with van der Waals surface area (Å²) in [6.45, 7) is 2.73. The number of Topliss-reactive ketones (excluding diaryl/α,β-unsaturated/α-hetero) is 1. The molecule has 0 atom stereocenters. The van der Waals surface area contributed by atoms with Gasteiger partial charge in [0.25, 0.3) is 0 Å². The van der Waals surface area contributed by atoms with Crippen LogP contribution in [0, 0.1) is 12.7 Å². The van der Waals surface area contributed by atoms with E-state index in [9.17, 15) is 14.0 Å². The van der Waals surface area contributed by atoms with E-state index in [4.69, 9.17) is 0 Å². The van der Waals surface area contributed by atoms with Crippen LogP contribution in [0.2, 0.25) is 0 Å². The third-order valence-electron chi connectivity index (χ3n) is 6.73. The molecule has 0 fully saturated rings. The van der Waals surface area contributed by atoms with Gasteiger partial charge in [0.05, 0.1) is 11.2 Å². The lowest BCUT2D eigenvalue weighted by molar-refractivity contribution is 0.0980. The Bertz CT molecular complexity index is 1580. The highest BCUT2D eigenvalue weighted by molar-refractivity contribution is 6.10. The standard InChI is InChI=1S/C30H30FN5O2/c1-20-32-26-14-16-35(19-27(26)33-20)15-6-4-5-7-29(37)25-18-36(30(38)34(2)3)28-17-22(10-13-24(25)28)21-8-11-23(31)12-9-21/h8-14,16-19H,4-7,15H2,1-3H3. The summed E-state index contributed by atoms with van der Waals surface area (Å²) in [5, 5.41) is 0.742. The molecule has 194 valence electrons. The molecule has 0 saturated heterocycles. The number of carbonyl (C=O) groups is 2. The van der Waals surface area contributed by atoms with Crippen molar-refractivity contribution in [1.82, 2.24) is 24.0 Å². The molecule has 0 N–H and O–H groups in total. The number of benzene rings is 2. The highest BCUT2D eigenvalue weighted by Crippen LogP contribution is 2.29. The average molecular weight is 512 g/mol. The van der Waals surface area contributed by atoms with Gasteiger partial charge in [0.1, 0.15) is 17.3 Å². The number of ketones is 1. The van der Waals surface area contributed by atoms with Gasteiger partial charge in [-0.3, -0.25) is 9.36 Å². The van der Waals surface area contributed by atoms with E-state index < -0.39 is 0 Å². The number of unbranched alkanes of at least 4 members (excludes halogenated alkanes) is 2. The second-order valence-corrected chi connectivity index (χ2v) is 9.79. The first kappa shape index (κ1) is 25.3. The van der Waals surface area contributed by atoms with Crippen molar-refractivity contribution in [3.05, 3.63) is 84.3 Å². The van der Waals surface area contributed by atoms with E-state index in [0.29, 0.717) is 17.5 Å². The number of aromatic nitrogens is 4. The lowest BCUT2D eigenvalue weighted by atomic mass is 10.0. The van der Waals surface area contributed by atoms with Crippen LogP contribution in [-0.4, -0.2) is 49.9 Å². The maximum absolute atomic E-state index is 13.4. The van der Waals surface area contributed by atoms with Gasteiger partial charge in [-0.25, -0.2) is 19.2 Å². The molecule has 3 heterocycles. The number of fused-ring (bicyclic) bond motifs is 2. The Kier molecular flexibility index (Phi) is 7.05. The first-order valence-corrected chi connectivity index (χ1v) is 12.8. The summed E-state index contributed by atoms with van der Waals surface area (Å²) in [5.74, 6) is 0.489. The van der Waals surface area contributed by atoms with Gasteiger partial charge in [0.15, 0.2) is 5.78 Å². The number of amides is 1. The van der Waals surface area contributed by atoms with Crippen molar-refractivity contribution in [3.63, 3.8) is 0 Å². The summed E-state index contributed by atoms with van der Waals surface area (Å²) in [4.78, 5) is 36.4. The molecule has 0 radical (unpaired) electrons. The van der Waals surface area contributed by atoms with E-state index in [2.05, 4.69) is 14.5 Å². The van der Waals surface area contributed by atoms with E-state index in [0.717, 1.165) is 59.5 Å². The molecule has 7 nitrogen and oxygen atoms in total. The third-order valence-corrected chi connectivity index (χ3v) is 6.73. The van der Waals surface area contributed by atoms with Crippen molar-refractivity contribution >= 4 is 22.7 Å². The normalized spacial score (nSPS) is 11.4. The number of hydrogen-bond donors (Lipinski definition) is 0. The fourth-order valence-electron chi connectivity index (χ4n) is 4.75. The molecule has 0 spiro atoms. The van der Waals surface area contributed by atoms with Gasteiger partial charge < -0.3 is 9.47 Å². The van der Waals surface area contributed by atoms with Crippen LogP contribution in [0.25, 0.3) is 33.4 Å². The summed E-state index contributed by atoms with van der Waals surface area (Å²) in [7, 11) is 3.36. The lowest BCUT2D eigenvalue weighted by Gasteiger charge is -2.12. The molecule has 0 bridgehead atoms. The predicted octanol–water partition coefficient (Wildman–Crippen LogP) is 6.43. The van der Waals surface area contributed by atoms with Gasteiger partial charge in [-0.1, -0.05) is 30.7 Å². The van der Waals surface area contributed by atoms with Gasteiger partial charge >= 0.3 is 6.03 Å². The van der Waals surface area contributed by atoms with Gasteiger partial charge in [-0.05, 0) is 55.2 Å². The van der Waals surface area contributed by atoms with E-state index in [1.165, 1.54) is 21.6 Å². The fourth-order valence-corrected chi connectivity index (χ4v) is 4.75. The Morgan fingerprint density at radius 3 is 2.39 bits per heavy atom. The monoisotopic (exact) mass is 511 g/mol. The maximum atomic E-state index is 13.4. The number of pyridine rings is 1. The lowest BCUT2D eigenvalue weighted by Crippen LogP contribution is -2.26. The Balaban J connectivity index is 1.28. The molecular weight excluding hydrogens is 481 g/mol. The third kappa shape index (κ3) is 5.20. The van der Waals surface area contributed by atoms with Gasteiger partial charge in [-0.2, -0.15) is 0 Å². The Morgan fingerprint density at radius 1 is 0.895 bits per heavy atom. The summed E-state index contributed by atoms with van der Waals surface area (Å²) < 4.78 is 17.0. The number of halogens is 1. The topological polar surface area (TPSA) is 73.0 Å². The zero-order chi connectivity index (χ0) is 26.8. The summed E-state index contributed by atoms with van der Waals surface area (Å²) >= 11 is 0. The molecule has 3 aromatic rings. The number of rotatable bonds is 8. The Morgan fingerprint density at radius 2 is 1.63 bits per heavy atom. The van der Waals surface area contributed by atoms with Gasteiger partial charge in [0.2, 0.25) is 0 Å². The molecule has 2 aliphatic rings. The minimum absolute atomic E-state index is 0.0199. The average Bonchev–Trinajstić information content (AvgIpc) is 3.47. The molecule has 0 saturated carbocycles. The minimum Gasteiger partial charge on any atom is -0.352 e. The minimum atomic E-state index is -0.306. The number of nitrogens with zero attached hydrogens (tertiary/aromatic N) is 5. The van der Waals surface area contributed by atoms with Crippen LogP contribution in [-0.2, 0) is 6.54 Å². The number of carbonyl (C=O) groups excluding carboxylic acids is 2. The van der Waals surface area contributed by atoms with Crippen molar-refractivity contribution in [1.29, 1.82) is 0 Å². The highest BCUT2D eigenvalue weighted by atomic mass is 19.1. The van der Waals surface area contributed by atoms with E-state index in [-0.39, 0.29) is 17.6 Å². The molecule has 2 aliphatic heterocycles. The number of hydrogen-bond acceptors (Lipinski definition) is 4. The van der Waals surface area contributed by atoms with E-state index >= 15 is 0 Å². The van der Waals surface area contributed by atoms with Crippen LogP contribution >= 0.6 is 0 Å². The molecule has 5 rings (SSSR count). The molecule has 38 heavy (non-hydrogen) atoms. The van der Waals surface area contributed by atoms with Crippen LogP contribution < -0.4 is 0 Å². The molecule has 0 unspecified atom stereocenters. The molecule has 0 aliphatic carbocycles. The predicted molar refractivity (Wildman–Crippen MR) is 146 cm³/mol. The second-order valence-electron chi connectivity index (χ2n) is 9.79. The molecule has 8 heteroatoms. The number of aryl methyl sites for hydroxylation is 2. The number of imidazole rings is 1. The van der Waals surface area contributed by atoms with Crippen molar-refractivity contribution in [2.24, 2.45) is 0 Å². The molecule has 1 amide bonds. The SMILES string of the molecule is Cc1nc2ccn(CCCCCC(=O)c3cn(C(=O)N(C)C)c4cc(-c5ccc(F)cc5)ccc34)cc-2n1. The van der Waals surface area contributed by atoms with Crippen molar-refractivity contribution < 1.29 is 14.0 Å². The van der Waals surface area contributed by atoms with Gasteiger partial charge in [0, 0.05) is 56.6 Å². The van der Waals surface area contributed by atoms with Crippen molar-refractivity contribution in [3.8, 4) is 22.5 Å². The zero-order valence-electron chi connectivity index (χ0n) is 21.8. The van der Waals surface area contributed by atoms with Crippen LogP contribution in [0.3, 0.4) is 0 Å². The molecule has 2 aromatic carbocycles. The summed E-state index contributed by atoms with van der Waals surface area (Å²) in [5.41, 5.74) is 4.69. The highest BCUT2D eigenvalue weighted by Gasteiger charge is 2.20. The first-order valence-electron chi connectivity index (χ1n) is 12.8. The Labute approximate surface area is 220 Å². The second kappa shape index (κ2) is 10.6. The van der Waals surface area contributed by atoms with E-state index in [1.807, 2.05) is 43.6 Å². The van der Waals surface area contributed by atoms with Crippen LogP contribution in [0.4, 0.5) is 9.18 Å². The molecule has 1 aromatic heterocycles. The van der Waals surface area contributed by atoms with Crippen LogP contribution in [0.5, 0.6) is 0 Å². The fraction of sp³-hybridized carbons (Fsp3) is 0.267. The summed E-state index contributed by atoms with van der Waals surface area (Å²) in [6.07, 6.45) is 8.70. The van der Waals surface area contributed by atoms with Gasteiger partial charge in [-0.15, -0.1) is 0 Å². The largest absolute Gasteiger partial charge is 0.352 e. The first-order chi connectivity index (χ1) is 18.3. The van der Waals surface area contributed by atoms with Crippen molar-refractivity contribution in [2.75, 3.05) is 14.1 Å². The smallest absolute Gasteiger partial charge is 0.328 e. The zero-order valence-corrected chi connectivity index (χ0v) is 21.8. The maximum Gasteiger partial charge on any atom is 0.328 e. The Hall–Kier alpha value is -4.33.